The predicted octanol–water partition coefficient (Wildman–Crippen LogP) is 4.64. The van der Waals surface area contributed by atoms with Crippen molar-refractivity contribution >= 4 is 15.2 Å². The van der Waals surface area contributed by atoms with Crippen molar-refractivity contribution in [1.29, 1.82) is 0 Å². The zero-order valence-electron chi connectivity index (χ0n) is 13.5. The maximum absolute atomic E-state index is 12.7. The number of hydrogen-bond donors (Lipinski definition) is 0. The normalized spacial score (nSPS) is 16.1. The van der Waals surface area contributed by atoms with Crippen molar-refractivity contribution in [3.63, 3.8) is 0 Å². The van der Waals surface area contributed by atoms with Gasteiger partial charge in [-0.2, -0.15) is 0 Å². The van der Waals surface area contributed by atoms with Crippen LogP contribution in [0.5, 0.6) is 0 Å². The summed E-state index contributed by atoms with van der Waals surface area (Å²) in [6.07, 6.45) is -0.929. The molecule has 20 heavy (non-hydrogen) atoms. The smallest absolute Gasteiger partial charge is 0.308 e. The Morgan fingerprint density at radius 2 is 1.10 bits per heavy atom. The first kappa shape index (κ1) is 20.3. The Labute approximate surface area is 122 Å². The first-order valence-corrected chi connectivity index (χ1v) is 10.4. The van der Waals surface area contributed by atoms with Gasteiger partial charge < -0.3 is 18.1 Å². The van der Waals surface area contributed by atoms with Crippen LogP contribution in [-0.4, -0.2) is 30.8 Å². The summed E-state index contributed by atoms with van der Waals surface area (Å²) >= 11 is 0. The Kier molecular flexibility index (Phi) is 8.80. The molecule has 0 aliphatic rings. The first-order chi connectivity index (χ1) is 9.02. The van der Waals surface area contributed by atoms with Gasteiger partial charge in [-0.25, -0.2) is 0 Å². The molecular formula is C12H28O6P2. The molecule has 0 rings (SSSR count). The van der Waals surface area contributed by atoms with E-state index in [1.54, 1.807) is 48.5 Å². The van der Waals surface area contributed by atoms with Crippen LogP contribution in [0.2, 0.25) is 0 Å². The van der Waals surface area contributed by atoms with Crippen LogP contribution in [0.1, 0.15) is 48.5 Å². The van der Waals surface area contributed by atoms with Gasteiger partial charge in [0.05, 0.1) is 24.9 Å². The Bertz CT molecular complexity index is 353. The molecule has 0 spiro atoms. The SMILES string of the molecule is CCOP(=O)(CP(=O)(OC(C)C)OC(C)C)OC(C)C. The van der Waals surface area contributed by atoms with Gasteiger partial charge in [-0.15, -0.1) is 0 Å². The van der Waals surface area contributed by atoms with Crippen LogP contribution in [-0.2, 0) is 27.2 Å². The zero-order valence-corrected chi connectivity index (χ0v) is 15.3. The summed E-state index contributed by atoms with van der Waals surface area (Å²) in [5.74, 6) is -0.373. The van der Waals surface area contributed by atoms with Crippen molar-refractivity contribution in [3.8, 4) is 0 Å². The van der Waals surface area contributed by atoms with Crippen molar-refractivity contribution in [2.75, 3.05) is 12.5 Å². The van der Waals surface area contributed by atoms with Crippen LogP contribution >= 0.6 is 15.2 Å². The highest BCUT2D eigenvalue weighted by Gasteiger charge is 2.40. The maximum atomic E-state index is 12.7. The lowest BCUT2D eigenvalue weighted by molar-refractivity contribution is 0.139. The monoisotopic (exact) mass is 330 g/mol. The van der Waals surface area contributed by atoms with Crippen LogP contribution in [0.3, 0.4) is 0 Å². The summed E-state index contributed by atoms with van der Waals surface area (Å²) in [5.41, 5.74) is 0. The summed E-state index contributed by atoms with van der Waals surface area (Å²) in [5, 5.41) is 0. The third-order valence-corrected chi connectivity index (χ3v) is 7.44. The lowest BCUT2D eigenvalue weighted by atomic mass is 10.5. The Hall–Kier alpha value is 0.300. The van der Waals surface area contributed by atoms with Gasteiger partial charge in [0.15, 0.2) is 5.90 Å². The maximum Gasteiger partial charge on any atom is 0.343 e. The van der Waals surface area contributed by atoms with Crippen molar-refractivity contribution < 1.29 is 27.2 Å². The minimum absolute atomic E-state index is 0.202. The van der Waals surface area contributed by atoms with E-state index in [2.05, 4.69) is 0 Å². The molecule has 0 radical (unpaired) electrons. The molecule has 0 bridgehead atoms. The number of rotatable bonds is 10. The summed E-state index contributed by atoms with van der Waals surface area (Å²) in [6, 6.07) is 0. The molecule has 0 saturated carbocycles. The van der Waals surface area contributed by atoms with Crippen molar-refractivity contribution in [2.45, 2.75) is 66.8 Å². The van der Waals surface area contributed by atoms with E-state index in [1.165, 1.54) is 0 Å². The first-order valence-electron chi connectivity index (χ1n) is 6.89. The molecular weight excluding hydrogens is 302 g/mol. The van der Waals surface area contributed by atoms with Crippen LogP contribution in [0.4, 0.5) is 0 Å². The van der Waals surface area contributed by atoms with Gasteiger partial charge in [-0.05, 0) is 48.5 Å². The van der Waals surface area contributed by atoms with Crippen molar-refractivity contribution in [2.24, 2.45) is 0 Å². The lowest BCUT2D eigenvalue weighted by Gasteiger charge is -2.27. The van der Waals surface area contributed by atoms with E-state index in [1.807, 2.05) is 0 Å². The van der Waals surface area contributed by atoms with Crippen LogP contribution in [0.25, 0.3) is 0 Å². The van der Waals surface area contributed by atoms with E-state index in [0.717, 1.165) is 0 Å². The van der Waals surface area contributed by atoms with E-state index in [-0.39, 0.29) is 30.8 Å². The highest BCUT2D eigenvalue weighted by Crippen LogP contribution is 2.65. The predicted molar refractivity (Wildman–Crippen MR) is 80.4 cm³/mol. The molecule has 0 aromatic rings. The Morgan fingerprint density at radius 3 is 1.40 bits per heavy atom. The minimum Gasteiger partial charge on any atom is -0.308 e. The molecule has 0 N–H and O–H groups in total. The van der Waals surface area contributed by atoms with Crippen LogP contribution < -0.4 is 0 Å². The molecule has 0 aliphatic carbocycles. The minimum atomic E-state index is -3.55. The molecule has 0 saturated heterocycles. The quantitative estimate of drug-likeness (QED) is 0.543. The van der Waals surface area contributed by atoms with Gasteiger partial charge in [-0.1, -0.05) is 0 Å². The fraction of sp³-hybridized carbons (Fsp3) is 1.00. The van der Waals surface area contributed by atoms with Gasteiger partial charge in [0.2, 0.25) is 0 Å². The van der Waals surface area contributed by atoms with Gasteiger partial charge >= 0.3 is 15.2 Å². The molecule has 0 heterocycles. The summed E-state index contributed by atoms with van der Waals surface area (Å²) in [4.78, 5) is 0. The van der Waals surface area contributed by atoms with E-state index in [9.17, 15) is 9.13 Å². The average Bonchev–Trinajstić information content (AvgIpc) is 2.10. The van der Waals surface area contributed by atoms with E-state index < -0.39 is 15.2 Å². The van der Waals surface area contributed by atoms with Crippen molar-refractivity contribution in [1.82, 2.24) is 0 Å². The van der Waals surface area contributed by atoms with Gasteiger partial charge in [0.25, 0.3) is 0 Å². The van der Waals surface area contributed by atoms with Crippen LogP contribution in [0.15, 0.2) is 0 Å². The zero-order chi connectivity index (χ0) is 16.0. The molecule has 1 atom stereocenters. The fourth-order valence-corrected chi connectivity index (χ4v) is 6.82. The van der Waals surface area contributed by atoms with Crippen LogP contribution in [0, 0.1) is 0 Å². The second kappa shape index (κ2) is 8.67. The van der Waals surface area contributed by atoms with Gasteiger partial charge in [-0.3, -0.25) is 9.13 Å². The van der Waals surface area contributed by atoms with Gasteiger partial charge in [0.1, 0.15) is 0 Å². The molecule has 0 aliphatic heterocycles. The summed E-state index contributed by atoms with van der Waals surface area (Å²) in [7, 11) is -7.07. The molecule has 8 heteroatoms. The molecule has 0 aromatic carbocycles. The second-order valence-corrected chi connectivity index (χ2v) is 9.71. The summed E-state index contributed by atoms with van der Waals surface area (Å²) in [6.45, 7) is 12.3. The highest BCUT2D eigenvalue weighted by atomic mass is 31.2. The largest absolute Gasteiger partial charge is 0.343 e. The fourth-order valence-electron chi connectivity index (χ4n) is 1.57. The van der Waals surface area contributed by atoms with E-state index in [0.29, 0.717) is 0 Å². The second-order valence-electron chi connectivity index (χ2n) is 5.24. The standard InChI is InChI=1S/C12H28O6P2/c1-8-15-19(13,16-10(2)3)9-20(14,17-11(4)5)18-12(6)7/h10-12H,8-9H2,1-7H3. The van der Waals surface area contributed by atoms with E-state index >= 15 is 0 Å². The topological polar surface area (TPSA) is 71.1 Å². The molecule has 6 nitrogen and oxygen atoms in total. The molecule has 1 unspecified atom stereocenters. The molecule has 122 valence electrons. The highest BCUT2D eigenvalue weighted by molar-refractivity contribution is 7.71. The van der Waals surface area contributed by atoms with E-state index in [4.69, 9.17) is 18.1 Å². The third-order valence-electron chi connectivity index (χ3n) is 1.79. The third kappa shape index (κ3) is 8.56. The molecule has 0 fully saturated rings. The number of hydrogen-bond acceptors (Lipinski definition) is 6. The van der Waals surface area contributed by atoms with Crippen molar-refractivity contribution in [3.05, 3.63) is 0 Å². The molecule has 0 amide bonds. The Morgan fingerprint density at radius 1 is 0.750 bits per heavy atom. The lowest BCUT2D eigenvalue weighted by Crippen LogP contribution is -2.13. The average molecular weight is 330 g/mol. The Balaban J connectivity index is 5.16. The summed E-state index contributed by atoms with van der Waals surface area (Å²) < 4.78 is 46.6. The van der Waals surface area contributed by atoms with Gasteiger partial charge in [0, 0.05) is 0 Å². The molecule has 0 aromatic heterocycles.